The molecule has 0 unspecified atom stereocenters. The van der Waals surface area contributed by atoms with E-state index in [-0.39, 0.29) is 11.9 Å². The van der Waals surface area contributed by atoms with Crippen molar-refractivity contribution in [3.63, 3.8) is 0 Å². The Kier molecular flexibility index (Phi) is 7.35. The van der Waals surface area contributed by atoms with Crippen LogP contribution in [0.15, 0.2) is 12.1 Å². The molecule has 0 saturated carbocycles. The minimum Gasteiger partial charge on any atom is -0.496 e. The molecule has 0 aromatic heterocycles. The topological polar surface area (TPSA) is 56.8 Å². The van der Waals surface area contributed by atoms with Crippen molar-refractivity contribution in [2.45, 2.75) is 19.9 Å². The van der Waals surface area contributed by atoms with E-state index in [1.807, 2.05) is 0 Å². The molecule has 25 heavy (non-hydrogen) atoms. The summed E-state index contributed by atoms with van der Waals surface area (Å²) in [4.78, 5) is 17.6. The summed E-state index contributed by atoms with van der Waals surface area (Å²) in [5.41, 5.74) is 1.20. The van der Waals surface area contributed by atoms with Gasteiger partial charge in [-0.3, -0.25) is 4.79 Å². The summed E-state index contributed by atoms with van der Waals surface area (Å²) in [6, 6.07) is 3.48. The van der Waals surface area contributed by atoms with Gasteiger partial charge in [0.2, 0.25) is 0 Å². The Balaban J connectivity index is 2.18. The fourth-order valence-corrected chi connectivity index (χ4v) is 3.42. The van der Waals surface area contributed by atoms with Crippen molar-refractivity contribution in [2.24, 2.45) is 0 Å². The van der Waals surface area contributed by atoms with E-state index in [0.29, 0.717) is 16.3 Å². The van der Waals surface area contributed by atoms with Gasteiger partial charge >= 0.3 is 0 Å². The number of carbonyl (C=O) groups is 1. The third-order valence-electron chi connectivity index (χ3n) is 4.72. The van der Waals surface area contributed by atoms with Gasteiger partial charge in [0.05, 0.1) is 29.4 Å². The van der Waals surface area contributed by atoms with Crippen molar-refractivity contribution >= 4 is 23.2 Å². The zero-order valence-electron chi connectivity index (χ0n) is 15.6. The molecule has 1 heterocycles. The molecule has 2 N–H and O–H groups in total. The number of hydrogen-bond donors (Lipinski definition) is 2. The average Bonchev–Trinajstić information content (AvgIpc) is 2.83. The highest BCUT2D eigenvalue weighted by atomic mass is 35.5. The normalized spacial score (nSPS) is 17.2. The lowest BCUT2D eigenvalue weighted by molar-refractivity contribution is 0.0920. The Labute approximate surface area is 155 Å². The molecule has 0 atom stereocenters. The number of benzene rings is 1. The van der Waals surface area contributed by atoms with Gasteiger partial charge in [-0.15, -0.1) is 0 Å². The molecule has 0 bridgehead atoms. The molecule has 1 aliphatic heterocycles. The Bertz CT molecular complexity index is 583. The Hall–Kier alpha value is -1.50. The molecular weight excluding hydrogens is 340 g/mol. The first-order chi connectivity index (χ1) is 12.0. The summed E-state index contributed by atoms with van der Waals surface area (Å²) in [7, 11) is 3.34. The quantitative estimate of drug-likeness (QED) is 0.805. The number of nitrogens with one attached hydrogen (secondary N) is 2. The molecule has 140 valence electrons. The second-order valence-corrected chi connectivity index (χ2v) is 6.65. The highest BCUT2D eigenvalue weighted by Gasteiger charge is 2.24. The molecule has 1 aromatic carbocycles. The van der Waals surface area contributed by atoms with Crippen LogP contribution in [0, 0.1) is 0 Å². The third-order valence-corrected chi connectivity index (χ3v) is 5.04. The molecule has 1 amide bonds. The maximum absolute atomic E-state index is 12.8. The van der Waals surface area contributed by atoms with Crippen molar-refractivity contribution in [1.82, 2.24) is 15.1 Å². The number of likely N-dealkylation sites (N-methyl/N-ethyl adjacent to an activating group) is 2. The second-order valence-electron chi connectivity index (χ2n) is 6.24. The molecule has 2 rings (SSSR count). The van der Waals surface area contributed by atoms with Gasteiger partial charge in [-0.1, -0.05) is 25.4 Å². The molecule has 7 heteroatoms. The number of methoxy groups -OCH3 is 1. The van der Waals surface area contributed by atoms with Crippen LogP contribution in [0.4, 0.5) is 5.69 Å². The largest absolute Gasteiger partial charge is 0.496 e. The minimum absolute atomic E-state index is 0.0716. The number of ether oxygens (including phenoxy) is 1. The van der Waals surface area contributed by atoms with Crippen molar-refractivity contribution in [2.75, 3.05) is 58.7 Å². The van der Waals surface area contributed by atoms with E-state index in [0.717, 1.165) is 45.0 Å². The van der Waals surface area contributed by atoms with E-state index in [2.05, 4.69) is 34.3 Å². The third kappa shape index (κ3) is 5.00. The van der Waals surface area contributed by atoms with Gasteiger partial charge in [-0.05, 0) is 19.2 Å². The summed E-state index contributed by atoms with van der Waals surface area (Å²) >= 11 is 6.25. The van der Waals surface area contributed by atoms with Crippen LogP contribution >= 0.6 is 11.6 Å². The minimum atomic E-state index is -0.152. The number of nitrogens with zero attached hydrogens (tertiary/aromatic N) is 2. The van der Waals surface area contributed by atoms with Crippen LogP contribution < -0.4 is 15.4 Å². The first-order valence-corrected chi connectivity index (χ1v) is 9.20. The fourth-order valence-electron chi connectivity index (χ4n) is 3.17. The zero-order valence-corrected chi connectivity index (χ0v) is 16.3. The SMILES string of the molecule is CCN1CCN(CC)CC(NC(=O)c2cc(Cl)c(NC)cc2OC)C1. The first kappa shape index (κ1) is 19.8. The van der Waals surface area contributed by atoms with Crippen molar-refractivity contribution in [3.8, 4) is 5.75 Å². The van der Waals surface area contributed by atoms with Crippen molar-refractivity contribution in [1.29, 1.82) is 0 Å². The number of anilines is 1. The predicted molar refractivity (Wildman–Crippen MR) is 103 cm³/mol. The van der Waals surface area contributed by atoms with E-state index in [9.17, 15) is 4.79 Å². The lowest BCUT2D eigenvalue weighted by Crippen LogP contribution is -2.46. The van der Waals surface area contributed by atoms with Gasteiger partial charge in [-0.2, -0.15) is 0 Å². The molecule has 1 fully saturated rings. The number of halogens is 1. The van der Waals surface area contributed by atoms with Crippen LogP contribution in [0.5, 0.6) is 5.75 Å². The Morgan fingerprint density at radius 2 is 1.84 bits per heavy atom. The zero-order chi connectivity index (χ0) is 18.4. The monoisotopic (exact) mass is 368 g/mol. The van der Waals surface area contributed by atoms with E-state index < -0.39 is 0 Å². The maximum atomic E-state index is 12.8. The highest BCUT2D eigenvalue weighted by molar-refractivity contribution is 6.33. The number of carbonyl (C=O) groups excluding carboxylic acids is 1. The molecule has 0 aliphatic carbocycles. The van der Waals surface area contributed by atoms with E-state index in [4.69, 9.17) is 16.3 Å². The summed E-state index contributed by atoms with van der Waals surface area (Å²) in [5.74, 6) is 0.361. The maximum Gasteiger partial charge on any atom is 0.255 e. The molecule has 0 spiro atoms. The van der Waals surface area contributed by atoms with Gasteiger partial charge in [-0.25, -0.2) is 0 Å². The summed E-state index contributed by atoms with van der Waals surface area (Å²) in [5, 5.41) is 6.66. The van der Waals surface area contributed by atoms with Crippen LogP contribution in [-0.4, -0.2) is 75.2 Å². The summed E-state index contributed by atoms with van der Waals surface area (Å²) in [6.45, 7) is 10.0. The first-order valence-electron chi connectivity index (χ1n) is 8.83. The van der Waals surface area contributed by atoms with Crippen LogP contribution in [-0.2, 0) is 0 Å². The molecular formula is C18H29ClN4O2. The Morgan fingerprint density at radius 3 is 2.32 bits per heavy atom. The van der Waals surface area contributed by atoms with Crippen LogP contribution in [0.1, 0.15) is 24.2 Å². The smallest absolute Gasteiger partial charge is 0.255 e. The summed E-state index contributed by atoms with van der Waals surface area (Å²) < 4.78 is 5.38. The molecule has 1 aromatic rings. The van der Waals surface area contributed by atoms with Gasteiger partial charge in [0, 0.05) is 39.3 Å². The lowest BCUT2D eigenvalue weighted by Gasteiger charge is -2.25. The number of amides is 1. The van der Waals surface area contributed by atoms with Gasteiger partial charge in [0.1, 0.15) is 5.75 Å². The van der Waals surface area contributed by atoms with E-state index in [1.54, 1.807) is 26.3 Å². The fraction of sp³-hybridized carbons (Fsp3) is 0.611. The predicted octanol–water partition coefficient (Wildman–Crippen LogP) is 2.15. The second kappa shape index (κ2) is 9.27. The molecule has 0 radical (unpaired) electrons. The van der Waals surface area contributed by atoms with Gasteiger partial charge in [0.15, 0.2) is 0 Å². The van der Waals surface area contributed by atoms with Crippen molar-refractivity contribution < 1.29 is 9.53 Å². The van der Waals surface area contributed by atoms with Crippen LogP contribution in [0.2, 0.25) is 5.02 Å². The van der Waals surface area contributed by atoms with E-state index in [1.165, 1.54) is 0 Å². The van der Waals surface area contributed by atoms with Crippen molar-refractivity contribution in [3.05, 3.63) is 22.7 Å². The lowest BCUT2D eigenvalue weighted by atomic mass is 10.1. The van der Waals surface area contributed by atoms with Crippen LogP contribution in [0.3, 0.4) is 0 Å². The van der Waals surface area contributed by atoms with Gasteiger partial charge in [0.25, 0.3) is 5.91 Å². The number of hydrogen-bond acceptors (Lipinski definition) is 5. The number of rotatable bonds is 6. The average molecular weight is 369 g/mol. The van der Waals surface area contributed by atoms with Gasteiger partial charge < -0.3 is 25.2 Å². The van der Waals surface area contributed by atoms with Crippen LogP contribution in [0.25, 0.3) is 0 Å². The van der Waals surface area contributed by atoms with E-state index >= 15 is 0 Å². The summed E-state index contributed by atoms with van der Waals surface area (Å²) in [6.07, 6.45) is 0. The standard InChI is InChI=1S/C18H29ClN4O2/c1-5-22-7-8-23(6-2)12-13(11-22)21-18(24)14-9-15(19)16(20-3)10-17(14)25-4/h9-10,13,20H,5-8,11-12H2,1-4H3,(H,21,24). The Morgan fingerprint density at radius 1 is 1.24 bits per heavy atom. The molecule has 1 saturated heterocycles. The molecule has 1 aliphatic rings. The highest BCUT2D eigenvalue weighted by Crippen LogP contribution is 2.30. The molecule has 6 nitrogen and oxygen atoms in total.